The molecule has 1 aromatic heterocycles. The Morgan fingerprint density at radius 3 is 2.71 bits per heavy atom. The van der Waals surface area contributed by atoms with Crippen molar-refractivity contribution in [2.45, 2.75) is 51.3 Å². The van der Waals surface area contributed by atoms with Crippen LogP contribution in [0.2, 0.25) is 0 Å². The molecule has 1 spiro atoms. The lowest BCUT2D eigenvalue weighted by atomic mass is 9.91. The Balaban J connectivity index is 1.37. The third-order valence-corrected chi connectivity index (χ3v) is 6.71. The minimum absolute atomic E-state index is 0.117. The Morgan fingerprint density at radius 1 is 1.14 bits per heavy atom. The third-order valence-electron chi connectivity index (χ3n) is 6.71. The van der Waals surface area contributed by atoms with Crippen LogP contribution in [0.4, 0.5) is 4.79 Å². The highest BCUT2D eigenvalue weighted by molar-refractivity contribution is 5.86. The molecule has 0 unspecified atom stereocenters. The molecule has 0 bridgehead atoms. The van der Waals surface area contributed by atoms with E-state index in [9.17, 15) is 9.59 Å². The summed E-state index contributed by atoms with van der Waals surface area (Å²) >= 11 is 0. The maximum atomic E-state index is 12.7. The quantitative estimate of drug-likeness (QED) is 0.820. The molecule has 6 nitrogen and oxygen atoms in total. The van der Waals surface area contributed by atoms with Gasteiger partial charge in [-0.2, -0.15) is 0 Å². The molecule has 4 heterocycles. The fourth-order valence-electron chi connectivity index (χ4n) is 5.12. The highest BCUT2D eigenvalue weighted by Gasteiger charge is 2.46. The number of likely N-dealkylation sites (tertiary alicyclic amines) is 1. The number of carbonyl (C=O) groups is 1. The lowest BCUT2D eigenvalue weighted by Gasteiger charge is -2.37. The summed E-state index contributed by atoms with van der Waals surface area (Å²) in [5.74, 6) is 0. The van der Waals surface area contributed by atoms with Gasteiger partial charge in [0, 0.05) is 57.0 Å². The van der Waals surface area contributed by atoms with Gasteiger partial charge in [0.25, 0.3) is 5.56 Å². The van der Waals surface area contributed by atoms with E-state index in [2.05, 4.69) is 23.1 Å². The van der Waals surface area contributed by atoms with Crippen LogP contribution in [0.1, 0.15) is 37.3 Å². The molecule has 148 valence electrons. The highest BCUT2D eigenvalue weighted by Crippen LogP contribution is 2.34. The fourth-order valence-corrected chi connectivity index (χ4v) is 5.12. The van der Waals surface area contributed by atoms with Gasteiger partial charge in [0.05, 0.1) is 12.1 Å². The van der Waals surface area contributed by atoms with Crippen molar-refractivity contribution in [1.82, 2.24) is 14.4 Å². The summed E-state index contributed by atoms with van der Waals surface area (Å²) in [7, 11) is 0. The number of pyridine rings is 1. The Kier molecular flexibility index (Phi) is 4.19. The van der Waals surface area contributed by atoms with E-state index in [1.54, 1.807) is 4.90 Å². The average molecular weight is 381 g/mol. The van der Waals surface area contributed by atoms with E-state index in [4.69, 9.17) is 4.74 Å². The predicted molar refractivity (Wildman–Crippen MR) is 107 cm³/mol. The number of amides is 1. The molecule has 3 aliphatic heterocycles. The van der Waals surface area contributed by atoms with Crippen molar-refractivity contribution in [3.8, 4) is 0 Å². The van der Waals surface area contributed by atoms with Crippen molar-refractivity contribution in [3.05, 3.63) is 45.7 Å². The van der Waals surface area contributed by atoms with Crippen LogP contribution >= 0.6 is 0 Å². The van der Waals surface area contributed by atoms with Gasteiger partial charge in [-0.15, -0.1) is 0 Å². The molecule has 0 radical (unpaired) electrons. The van der Waals surface area contributed by atoms with E-state index < -0.39 is 0 Å². The number of carbonyl (C=O) groups excluding carboxylic acids is 1. The maximum absolute atomic E-state index is 12.7. The summed E-state index contributed by atoms with van der Waals surface area (Å²) in [5, 5.41) is 1.21. The average Bonchev–Trinajstić information content (AvgIpc) is 3.02. The van der Waals surface area contributed by atoms with E-state index in [-0.39, 0.29) is 17.3 Å². The Morgan fingerprint density at radius 2 is 1.96 bits per heavy atom. The first-order chi connectivity index (χ1) is 13.6. The largest absolute Gasteiger partial charge is 0.441 e. The monoisotopic (exact) mass is 381 g/mol. The molecule has 0 N–H and O–H groups in total. The molecule has 6 heteroatoms. The van der Waals surface area contributed by atoms with Gasteiger partial charge in [-0.25, -0.2) is 4.79 Å². The van der Waals surface area contributed by atoms with Crippen LogP contribution in [0, 0.1) is 0 Å². The van der Waals surface area contributed by atoms with Crippen LogP contribution in [-0.2, 0) is 24.2 Å². The van der Waals surface area contributed by atoms with Crippen molar-refractivity contribution in [1.29, 1.82) is 0 Å². The predicted octanol–water partition coefficient (Wildman–Crippen LogP) is 2.75. The number of benzene rings is 1. The van der Waals surface area contributed by atoms with E-state index in [0.29, 0.717) is 13.1 Å². The standard InChI is InChI=1S/C22H27N3O3/c1-2-24-15-22(28-21(24)27)8-11-23(12-9-22)14-17-13-19(26)25-10-4-6-16-5-3-7-18(17)20(16)25/h3,5,7,13H,2,4,6,8-12,14-15H2,1H3. The van der Waals surface area contributed by atoms with Crippen molar-refractivity contribution in [2.75, 3.05) is 26.2 Å². The molecule has 3 aliphatic rings. The van der Waals surface area contributed by atoms with E-state index in [1.807, 2.05) is 17.6 Å². The van der Waals surface area contributed by atoms with Gasteiger partial charge in [0.2, 0.25) is 0 Å². The van der Waals surface area contributed by atoms with Crippen LogP contribution in [0.5, 0.6) is 0 Å². The minimum Gasteiger partial charge on any atom is -0.441 e. The lowest BCUT2D eigenvalue weighted by Crippen LogP contribution is -2.46. The molecular weight excluding hydrogens is 354 g/mol. The molecular formula is C22H27N3O3. The molecule has 28 heavy (non-hydrogen) atoms. The van der Waals surface area contributed by atoms with E-state index >= 15 is 0 Å². The molecule has 1 amide bonds. The second kappa shape index (κ2) is 6.62. The van der Waals surface area contributed by atoms with Crippen LogP contribution in [0.15, 0.2) is 29.1 Å². The number of aromatic nitrogens is 1. The zero-order chi connectivity index (χ0) is 19.3. The first-order valence-corrected chi connectivity index (χ1v) is 10.4. The molecule has 0 atom stereocenters. The van der Waals surface area contributed by atoms with Crippen molar-refractivity contribution in [2.24, 2.45) is 0 Å². The van der Waals surface area contributed by atoms with Gasteiger partial charge in [0.1, 0.15) is 5.60 Å². The normalized spacial score (nSPS) is 21.5. The molecule has 0 saturated carbocycles. The third kappa shape index (κ3) is 2.82. The van der Waals surface area contributed by atoms with Gasteiger partial charge < -0.3 is 14.2 Å². The van der Waals surface area contributed by atoms with E-state index in [1.165, 1.54) is 10.9 Å². The zero-order valence-electron chi connectivity index (χ0n) is 16.4. The Bertz CT molecular complexity index is 988. The summed E-state index contributed by atoms with van der Waals surface area (Å²) in [6.45, 7) is 6.76. The van der Waals surface area contributed by atoms with Crippen molar-refractivity contribution >= 4 is 17.0 Å². The van der Waals surface area contributed by atoms with Crippen LogP contribution in [0.3, 0.4) is 0 Å². The molecule has 0 aliphatic carbocycles. The van der Waals surface area contributed by atoms with Crippen LogP contribution in [0.25, 0.3) is 10.9 Å². The van der Waals surface area contributed by atoms with Gasteiger partial charge in [0.15, 0.2) is 0 Å². The Hall–Kier alpha value is -2.34. The smallest absolute Gasteiger partial charge is 0.410 e. The first-order valence-electron chi connectivity index (χ1n) is 10.4. The number of hydrogen-bond acceptors (Lipinski definition) is 4. The van der Waals surface area contributed by atoms with Gasteiger partial charge >= 0.3 is 6.09 Å². The summed E-state index contributed by atoms with van der Waals surface area (Å²) in [6, 6.07) is 8.25. The topological polar surface area (TPSA) is 54.8 Å². The number of para-hydroxylation sites is 1. The molecule has 5 rings (SSSR count). The van der Waals surface area contributed by atoms with Crippen LogP contribution < -0.4 is 5.56 Å². The molecule has 2 saturated heterocycles. The summed E-state index contributed by atoms with van der Waals surface area (Å²) in [5.41, 5.74) is 3.34. The number of hydrogen-bond donors (Lipinski definition) is 0. The Labute approximate surface area is 164 Å². The fraction of sp³-hybridized carbons (Fsp3) is 0.545. The second-order valence-electron chi connectivity index (χ2n) is 8.42. The minimum atomic E-state index is -0.316. The number of nitrogens with zero attached hydrogens (tertiary/aromatic N) is 3. The van der Waals surface area contributed by atoms with Crippen molar-refractivity contribution < 1.29 is 9.53 Å². The summed E-state index contributed by atoms with van der Waals surface area (Å²) in [6.07, 6.45) is 3.62. The summed E-state index contributed by atoms with van der Waals surface area (Å²) < 4.78 is 7.69. The molecule has 2 aromatic rings. The van der Waals surface area contributed by atoms with E-state index in [0.717, 1.165) is 62.9 Å². The summed E-state index contributed by atoms with van der Waals surface area (Å²) in [4.78, 5) is 28.9. The van der Waals surface area contributed by atoms with Crippen LogP contribution in [-0.4, -0.2) is 52.2 Å². The van der Waals surface area contributed by atoms with Gasteiger partial charge in [-0.3, -0.25) is 9.69 Å². The number of piperidine rings is 1. The number of aryl methyl sites for hydroxylation is 2. The number of rotatable bonds is 3. The van der Waals surface area contributed by atoms with Gasteiger partial charge in [-0.1, -0.05) is 18.2 Å². The van der Waals surface area contributed by atoms with Crippen molar-refractivity contribution in [3.63, 3.8) is 0 Å². The molecule has 2 fully saturated rings. The SMILES string of the molecule is CCN1CC2(CCN(Cc3cc(=O)n4c5c(cccc35)CCC4)CC2)OC1=O. The van der Waals surface area contributed by atoms with Gasteiger partial charge in [-0.05, 0) is 30.9 Å². The highest BCUT2D eigenvalue weighted by atomic mass is 16.6. The molecule has 1 aromatic carbocycles. The number of likely N-dealkylation sites (N-methyl/N-ethyl adjacent to an activating group) is 1. The second-order valence-corrected chi connectivity index (χ2v) is 8.42. The maximum Gasteiger partial charge on any atom is 0.410 e. The first kappa shape index (κ1) is 17.7. The zero-order valence-corrected chi connectivity index (χ0v) is 16.4. The lowest BCUT2D eigenvalue weighted by molar-refractivity contribution is -0.00115. The number of ether oxygens (including phenoxy) is 1.